The van der Waals surface area contributed by atoms with Gasteiger partial charge in [-0.25, -0.2) is 17.2 Å². The molecule has 0 fully saturated rings. The van der Waals surface area contributed by atoms with Crippen molar-refractivity contribution in [1.82, 2.24) is 10.2 Å². The molecule has 3 aromatic carbocycles. The number of nitrogens with one attached hydrogen (secondary N) is 1. The van der Waals surface area contributed by atoms with Gasteiger partial charge in [-0.1, -0.05) is 36.8 Å². The monoisotopic (exact) mass is 571 g/mol. The fourth-order valence-electron chi connectivity index (χ4n) is 4.13. The highest BCUT2D eigenvalue weighted by molar-refractivity contribution is 7.92. The highest BCUT2D eigenvalue weighted by Gasteiger charge is 2.34. The van der Waals surface area contributed by atoms with Crippen LogP contribution in [0.3, 0.4) is 0 Å². The highest BCUT2D eigenvalue weighted by Crippen LogP contribution is 2.25. The second-order valence-electron chi connectivity index (χ2n) is 10.6. The summed E-state index contributed by atoms with van der Waals surface area (Å²) in [5.41, 5.74) is 1.11. The van der Waals surface area contributed by atoms with Gasteiger partial charge >= 0.3 is 0 Å². The van der Waals surface area contributed by atoms with Crippen LogP contribution in [0.4, 0.5) is 14.5 Å². The normalized spacial score (nSPS) is 12.5. The Bertz CT molecular complexity index is 1420. The third kappa shape index (κ3) is 7.88. The Kier molecular flexibility index (Phi) is 9.68. The number of aryl methyl sites for hydroxylation is 1. The zero-order valence-corrected chi connectivity index (χ0v) is 24.1. The number of sulfonamides is 1. The Balaban J connectivity index is 2.06. The molecule has 0 saturated carbocycles. The van der Waals surface area contributed by atoms with Gasteiger partial charge in [0.15, 0.2) is 0 Å². The molecule has 10 heteroatoms. The lowest BCUT2D eigenvalue weighted by atomic mass is 10.1. The molecule has 7 nitrogen and oxygen atoms in total. The van der Waals surface area contributed by atoms with Gasteiger partial charge in [0.25, 0.3) is 10.0 Å². The van der Waals surface area contributed by atoms with Crippen LogP contribution in [0, 0.1) is 18.6 Å². The zero-order valence-electron chi connectivity index (χ0n) is 23.3. The topological polar surface area (TPSA) is 86.8 Å². The van der Waals surface area contributed by atoms with Crippen LogP contribution in [0.15, 0.2) is 77.7 Å². The molecule has 0 spiro atoms. The molecule has 0 aromatic heterocycles. The summed E-state index contributed by atoms with van der Waals surface area (Å²) in [7, 11) is -4.30. The summed E-state index contributed by atoms with van der Waals surface area (Å²) < 4.78 is 55.6. The molecule has 0 radical (unpaired) electrons. The van der Waals surface area contributed by atoms with Crippen LogP contribution >= 0.6 is 0 Å². The number of hydrogen-bond donors (Lipinski definition) is 1. The van der Waals surface area contributed by atoms with E-state index in [1.54, 1.807) is 31.2 Å². The Hall–Kier alpha value is -3.79. The standard InChI is InChI=1S/C30H35F2N3O4S/c1-6-27(29(37)33-30(3,4)5)34(19-22-9-11-23(31)12-10-22)28(36)20-35(25-15-7-21(2)8-16-25)40(38,39)26-17-13-24(32)14-18-26/h7-18,27H,6,19-20H2,1-5H3,(H,33,37). The van der Waals surface area contributed by atoms with Crippen LogP contribution in [0.5, 0.6) is 0 Å². The molecule has 0 aliphatic carbocycles. The molecular formula is C30H35F2N3O4S. The fraction of sp³-hybridized carbons (Fsp3) is 0.333. The van der Waals surface area contributed by atoms with Crippen LogP contribution in [0.2, 0.25) is 0 Å². The van der Waals surface area contributed by atoms with Gasteiger partial charge < -0.3 is 10.2 Å². The summed E-state index contributed by atoms with van der Waals surface area (Å²) >= 11 is 0. The number of carbonyl (C=O) groups excluding carboxylic acids is 2. The van der Waals surface area contributed by atoms with E-state index in [2.05, 4.69) is 5.32 Å². The van der Waals surface area contributed by atoms with Crippen molar-refractivity contribution in [2.24, 2.45) is 0 Å². The van der Waals surface area contributed by atoms with Crippen LogP contribution in [0.1, 0.15) is 45.2 Å². The van der Waals surface area contributed by atoms with Gasteiger partial charge in [0.2, 0.25) is 11.8 Å². The molecule has 0 aliphatic rings. The van der Waals surface area contributed by atoms with E-state index < -0.39 is 51.6 Å². The summed E-state index contributed by atoms with van der Waals surface area (Å²) in [6, 6.07) is 15.5. The second kappa shape index (κ2) is 12.6. The smallest absolute Gasteiger partial charge is 0.264 e. The van der Waals surface area contributed by atoms with Crippen LogP contribution in [0.25, 0.3) is 0 Å². The van der Waals surface area contributed by atoms with E-state index in [4.69, 9.17) is 0 Å². The van der Waals surface area contributed by atoms with Crippen LogP contribution < -0.4 is 9.62 Å². The molecular weight excluding hydrogens is 536 g/mol. The zero-order chi connectivity index (χ0) is 29.7. The van der Waals surface area contributed by atoms with Gasteiger partial charge in [-0.15, -0.1) is 0 Å². The molecule has 0 saturated heterocycles. The lowest BCUT2D eigenvalue weighted by molar-refractivity contribution is -0.141. The lowest BCUT2D eigenvalue weighted by Gasteiger charge is -2.34. The number of rotatable bonds is 10. The van der Waals surface area contributed by atoms with Crippen molar-refractivity contribution in [3.8, 4) is 0 Å². The van der Waals surface area contributed by atoms with Crippen LogP contribution in [-0.2, 0) is 26.2 Å². The van der Waals surface area contributed by atoms with Gasteiger partial charge in [0.1, 0.15) is 24.2 Å². The molecule has 3 rings (SSSR count). The molecule has 40 heavy (non-hydrogen) atoms. The second-order valence-corrected chi connectivity index (χ2v) is 12.5. The maximum atomic E-state index is 14.0. The van der Waals surface area contributed by atoms with Crippen molar-refractivity contribution in [3.05, 3.63) is 95.6 Å². The quantitative estimate of drug-likeness (QED) is 0.363. The predicted octanol–water partition coefficient (Wildman–Crippen LogP) is 5.19. The summed E-state index contributed by atoms with van der Waals surface area (Å²) in [6.45, 7) is 8.38. The average molecular weight is 572 g/mol. The number of amides is 2. The predicted molar refractivity (Wildman–Crippen MR) is 151 cm³/mol. The van der Waals surface area contributed by atoms with E-state index in [1.165, 1.54) is 29.2 Å². The molecule has 1 atom stereocenters. The first-order valence-electron chi connectivity index (χ1n) is 12.9. The number of nitrogens with zero attached hydrogens (tertiary/aromatic N) is 2. The molecule has 2 amide bonds. The van der Waals surface area contributed by atoms with E-state index in [-0.39, 0.29) is 23.5 Å². The first-order chi connectivity index (χ1) is 18.7. The van der Waals surface area contributed by atoms with E-state index in [0.29, 0.717) is 5.56 Å². The van der Waals surface area contributed by atoms with Crippen molar-refractivity contribution >= 4 is 27.5 Å². The maximum Gasteiger partial charge on any atom is 0.264 e. The van der Waals surface area contributed by atoms with E-state index in [0.717, 1.165) is 34.1 Å². The van der Waals surface area contributed by atoms with Gasteiger partial charge in [0.05, 0.1) is 10.6 Å². The average Bonchev–Trinajstić information content (AvgIpc) is 2.88. The van der Waals surface area contributed by atoms with Crippen molar-refractivity contribution < 1.29 is 26.8 Å². The highest BCUT2D eigenvalue weighted by atomic mass is 32.2. The SMILES string of the molecule is CCC(C(=O)NC(C)(C)C)N(Cc1ccc(F)cc1)C(=O)CN(c1ccc(C)cc1)S(=O)(=O)c1ccc(F)cc1. The van der Waals surface area contributed by atoms with Gasteiger partial charge in [-0.3, -0.25) is 13.9 Å². The van der Waals surface area contributed by atoms with Gasteiger partial charge in [-0.2, -0.15) is 0 Å². The molecule has 1 N–H and O–H groups in total. The molecule has 214 valence electrons. The largest absolute Gasteiger partial charge is 0.350 e. The number of benzene rings is 3. The van der Waals surface area contributed by atoms with Gasteiger partial charge in [0, 0.05) is 12.1 Å². The Morgan fingerprint density at radius 3 is 1.90 bits per heavy atom. The molecule has 0 bridgehead atoms. The number of anilines is 1. The van der Waals surface area contributed by atoms with Crippen molar-refractivity contribution in [1.29, 1.82) is 0 Å². The first kappa shape index (κ1) is 30.7. The van der Waals surface area contributed by atoms with E-state index in [1.807, 2.05) is 27.7 Å². The lowest BCUT2D eigenvalue weighted by Crippen LogP contribution is -2.55. The van der Waals surface area contributed by atoms with Crippen molar-refractivity contribution in [2.45, 2.75) is 64.1 Å². The Morgan fingerprint density at radius 1 is 0.875 bits per heavy atom. The Labute approximate surface area is 234 Å². The third-order valence-corrected chi connectivity index (χ3v) is 7.94. The van der Waals surface area contributed by atoms with Crippen LogP contribution in [-0.4, -0.2) is 43.3 Å². The molecule has 0 heterocycles. The van der Waals surface area contributed by atoms with Gasteiger partial charge in [-0.05, 0) is 88.2 Å². The molecule has 1 unspecified atom stereocenters. The minimum atomic E-state index is -4.30. The van der Waals surface area contributed by atoms with Crippen molar-refractivity contribution in [2.75, 3.05) is 10.8 Å². The number of hydrogen-bond acceptors (Lipinski definition) is 4. The number of carbonyl (C=O) groups is 2. The first-order valence-corrected chi connectivity index (χ1v) is 14.4. The third-order valence-electron chi connectivity index (χ3n) is 6.15. The Morgan fingerprint density at radius 2 is 1.40 bits per heavy atom. The van der Waals surface area contributed by atoms with E-state index in [9.17, 15) is 26.8 Å². The maximum absolute atomic E-state index is 14.0. The molecule has 0 aliphatic heterocycles. The molecule has 3 aromatic rings. The summed E-state index contributed by atoms with van der Waals surface area (Å²) in [6.07, 6.45) is 0.254. The minimum Gasteiger partial charge on any atom is -0.350 e. The summed E-state index contributed by atoms with van der Waals surface area (Å²) in [5, 5.41) is 2.89. The van der Waals surface area contributed by atoms with E-state index >= 15 is 0 Å². The number of halogens is 2. The fourth-order valence-corrected chi connectivity index (χ4v) is 5.55. The van der Waals surface area contributed by atoms with Crippen molar-refractivity contribution in [3.63, 3.8) is 0 Å². The summed E-state index contributed by atoms with van der Waals surface area (Å²) in [5.74, 6) is -2.08. The summed E-state index contributed by atoms with van der Waals surface area (Å²) in [4.78, 5) is 28.4. The minimum absolute atomic E-state index is 0.0481.